The number of aliphatic hydroxyl groups is 2. The van der Waals surface area contributed by atoms with Crippen LogP contribution in [-0.2, 0) is 23.2 Å². The lowest BCUT2D eigenvalue weighted by Gasteiger charge is -2.43. The van der Waals surface area contributed by atoms with Gasteiger partial charge in [0.2, 0.25) is 0 Å². The summed E-state index contributed by atoms with van der Waals surface area (Å²) in [5.41, 5.74) is 7.73. The zero-order valence-electron chi connectivity index (χ0n) is 21.5. The third-order valence-corrected chi connectivity index (χ3v) is 8.80. The molecule has 5 rings (SSSR count). The van der Waals surface area contributed by atoms with Gasteiger partial charge >= 0.3 is 0 Å². The molecular formula is C30H34FN3O3. The predicted molar refractivity (Wildman–Crippen MR) is 140 cm³/mol. The number of hydrogen-bond acceptors (Lipinski definition) is 4. The Hall–Kier alpha value is -3.29. The normalized spacial score (nSPS) is 24.4. The number of aromatic nitrogens is 2. The van der Waals surface area contributed by atoms with Gasteiger partial charge in [-0.3, -0.25) is 4.79 Å². The summed E-state index contributed by atoms with van der Waals surface area (Å²) < 4.78 is 15.3. The molecule has 3 aromatic rings. The fraction of sp³-hybridized carbons (Fsp3) is 0.400. The number of benzene rings is 2. The van der Waals surface area contributed by atoms with Gasteiger partial charge in [0, 0.05) is 5.41 Å². The average Bonchev–Trinajstić information content (AvgIpc) is 3.38. The molecule has 1 heterocycles. The Morgan fingerprint density at radius 3 is 2.59 bits per heavy atom. The highest BCUT2D eigenvalue weighted by Gasteiger charge is 2.55. The Bertz CT molecular complexity index is 1380. The average molecular weight is 504 g/mol. The molecule has 2 aliphatic rings. The molecule has 2 aromatic carbocycles. The molecule has 194 valence electrons. The first-order valence-electron chi connectivity index (χ1n) is 12.9. The summed E-state index contributed by atoms with van der Waals surface area (Å²) in [5, 5.41) is 27.9. The molecule has 1 aromatic heterocycles. The van der Waals surface area contributed by atoms with E-state index >= 15 is 0 Å². The van der Waals surface area contributed by atoms with Crippen LogP contribution in [0.3, 0.4) is 0 Å². The van der Waals surface area contributed by atoms with Crippen molar-refractivity contribution in [1.82, 2.24) is 9.78 Å². The summed E-state index contributed by atoms with van der Waals surface area (Å²) in [5.74, 6) is -1.47. The van der Waals surface area contributed by atoms with Gasteiger partial charge in [-0.15, -0.1) is 0 Å². The third kappa shape index (κ3) is 3.92. The van der Waals surface area contributed by atoms with Crippen LogP contribution in [0.25, 0.3) is 11.8 Å². The second-order valence-electron chi connectivity index (χ2n) is 11.1. The maximum absolute atomic E-state index is 13.4. The van der Waals surface area contributed by atoms with E-state index in [4.69, 9.17) is 5.73 Å². The maximum Gasteiger partial charge on any atom is 0.254 e. The summed E-state index contributed by atoms with van der Waals surface area (Å²) in [7, 11) is 0. The molecule has 7 heteroatoms. The van der Waals surface area contributed by atoms with Gasteiger partial charge in [-0.05, 0) is 85.1 Å². The van der Waals surface area contributed by atoms with E-state index in [1.54, 1.807) is 38.1 Å². The molecule has 0 bridgehead atoms. The minimum atomic E-state index is -1.78. The quantitative estimate of drug-likeness (QED) is 0.444. The molecule has 1 saturated carbocycles. The predicted octanol–water partition coefficient (Wildman–Crippen LogP) is 4.44. The number of primary amides is 1. The Kier molecular flexibility index (Phi) is 6.12. The summed E-state index contributed by atoms with van der Waals surface area (Å²) in [6.07, 6.45) is 6.97. The van der Waals surface area contributed by atoms with Gasteiger partial charge < -0.3 is 15.9 Å². The molecule has 1 unspecified atom stereocenters. The van der Waals surface area contributed by atoms with Crippen LogP contribution in [0.15, 0.2) is 60.3 Å². The van der Waals surface area contributed by atoms with Gasteiger partial charge in [0.15, 0.2) is 5.60 Å². The van der Waals surface area contributed by atoms with Crippen LogP contribution in [0.4, 0.5) is 4.39 Å². The largest absolute Gasteiger partial charge is 0.389 e. The molecule has 6 nitrogen and oxygen atoms in total. The first-order valence-corrected chi connectivity index (χ1v) is 12.9. The second kappa shape index (κ2) is 8.92. The summed E-state index contributed by atoms with van der Waals surface area (Å²) in [6, 6.07) is 13.6. The highest BCUT2D eigenvalue weighted by molar-refractivity contribution is 5.85. The summed E-state index contributed by atoms with van der Waals surface area (Å²) in [6.45, 7) is 5.66. The van der Waals surface area contributed by atoms with E-state index in [9.17, 15) is 19.4 Å². The van der Waals surface area contributed by atoms with Crippen LogP contribution in [0, 0.1) is 17.2 Å². The van der Waals surface area contributed by atoms with Crippen molar-refractivity contribution in [3.8, 4) is 5.69 Å². The Morgan fingerprint density at radius 2 is 1.92 bits per heavy atom. The molecule has 2 aliphatic carbocycles. The maximum atomic E-state index is 13.4. The molecule has 0 radical (unpaired) electrons. The van der Waals surface area contributed by atoms with E-state index in [0.717, 1.165) is 28.9 Å². The fourth-order valence-electron chi connectivity index (χ4n) is 6.30. The van der Waals surface area contributed by atoms with Crippen LogP contribution in [0.2, 0.25) is 0 Å². The van der Waals surface area contributed by atoms with E-state index in [0.29, 0.717) is 31.2 Å². The van der Waals surface area contributed by atoms with E-state index in [1.807, 2.05) is 23.0 Å². The monoisotopic (exact) mass is 503 g/mol. The number of halogens is 1. The highest BCUT2D eigenvalue weighted by atomic mass is 19.1. The van der Waals surface area contributed by atoms with Crippen molar-refractivity contribution < 1.29 is 19.4 Å². The molecule has 0 spiro atoms. The van der Waals surface area contributed by atoms with Crippen LogP contribution in [0.1, 0.15) is 62.4 Å². The van der Waals surface area contributed by atoms with Crippen molar-refractivity contribution >= 4 is 12.0 Å². The van der Waals surface area contributed by atoms with Gasteiger partial charge in [-0.2, -0.15) is 5.10 Å². The number of carbonyl (C=O) groups excluding carboxylic acids is 1. The minimum absolute atomic E-state index is 0.291. The molecule has 4 N–H and O–H groups in total. The van der Waals surface area contributed by atoms with Crippen molar-refractivity contribution in [3.05, 3.63) is 88.5 Å². The molecule has 0 aliphatic heterocycles. The standard InChI is InChI=1S/C30H34FN3O3/c1-19(2)30(37,27(32)35)25-7-5-4-6-20(25)12-14-29(36)15-13-22-16-26-21(17-28(22,29)3)18-33-34(26)24-10-8-23(31)9-11-24/h4-11,16,18-19,36-37H,12-15,17H2,1-3H3,(H2,32,35)/t28-,29-,30?/m0/s1. The molecule has 0 saturated heterocycles. The SMILES string of the molecule is CC(C)C(O)(C(N)=O)c1ccccc1CC[C@]1(O)CCC2=Cc3c(cnn3-c3ccc(F)cc3)C[C@@]21C. The van der Waals surface area contributed by atoms with Crippen LogP contribution >= 0.6 is 0 Å². The van der Waals surface area contributed by atoms with Gasteiger partial charge in [0.25, 0.3) is 5.91 Å². The Labute approximate surface area is 216 Å². The smallest absolute Gasteiger partial charge is 0.254 e. The highest BCUT2D eigenvalue weighted by Crippen LogP contribution is 2.57. The van der Waals surface area contributed by atoms with E-state index in [1.165, 1.54) is 17.7 Å². The fourth-order valence-corrected chi connectivity index (χ4v) is 6.30. The first kappa shape index (κ1) is 25.4. The summed E-state index contributed by atoms with van der Waals surface area (Å²) >= 11 is 0. The van der Waals surface area contributed by atoms with Crippen molar-refractivity contribution in [2.45, 2.75) is 64.1 Å². The molecule has 1 fully saturated rings. The van der Waals surface area contributed by atoms with Crippen molar-refractivity contribution in [2.75, 3.05) is 0 Å². The van der Waals surface area contributed by atoms with Crippen molar-refractivity contribution in [2.24, 2.45) is 17.1 Å². The van der Waals surface area contributed by atoms with Crippen LogP contribution in [-0.4, -0.2) is 31.5 Å². The van der Waals surface area contributed by atoms with E-state index in [-0.39, 0.29) is 5.82 Å². The zero-order valence-corrected chi connectivity index (χ0v) is 21.5. The lowest BCUT2D eigenvalue weighted by atomic mass is 9.65. The zero-order chi connectivity index (χ0) is 26.6. The van der Waals surface area contributed by atoms with Gasteiger partial charge in [0.1, 0.15) is 5.82 Å². The lowest BCUT2D eigenvalue weighted by Crippen LogP contribution is -2.47. The lowest BCUT2D eigenvalue weighted by molar-refractivity contribution is -0.142. The number of nitrogens with two attached hydrogens (primary N) is 1. The molecule has 1 amide bonds. The second-order valence-corrected chi connectivity index (χ2v) is 11.1. The van der Waals surface area contributed by atoms with Gasteiger partial charge in [-0.25, -0.2) is 9.07 Å². The number of nitrogens with zero attached hydrogens (tertiary/aromatic N) is 2. The number of carbonyl (C=O) groups is 1. The Morgan fingerprint density at radius 1 is 1.22 bits per heavy atom. The minimum Gasteiger partial charge on any atom is -0.389 e. The number of hydrogen-bond donors (Lipinski definition) is 3. The van der Waals surface area contributed by atoms with Crippen LogP contribution in [0.5, 0.6) is 0 Å². The Balaban J connectivity index is 1.43. The molecule has 3 atom stereocenters. The number of aryl methyl sites for hydroxylation is 1. The van der Waals surface area contributed by atoms with Crippen molar-refractivity contribution in [1.29, 1.82) is 0 Å². The van der Waals surface area contributed by atoms with E-state index < -0.39 is 28.4 Å². The van der Waals surface area contributed by atoms with Crippen LogP contribution < -0.4 is 5.73 Å². The number of fused-ring (bicyclic) bond motifs is 2. The first-order chi connectivity index (χ1) is 17.5. The van der Waals surface area contributed by atoms with Crippen molar-refractivity contribution in [3.63, 3.8) is 0 Å². The third-order valence-electron chi connectivity index (χ3n) is 8.80. The van der Waals surface area contributed by atoms with Gasteiger partial charge in [-0.1, -0.05) is 50.6 Å². The number of amides is 1. The summed E-state index contributed by atoms with van der Waals surface area (Å²) in [4.78, 5) is 12.3. The molecule has 37 heavy (non-hydrogen) atoms. The number of rotatable bonds is 7. The van der Waals surface area contributed by atoms with Gasteiger partial charge in [0.05, 0.1) is 23.2 Å². The topological polar surface area (TPSA) is 101 Å². The molecular weight excluding hydrogens is 469 g/mol. The van der Waals surface area contributed by atoms with E-state index in [2.05, 4.69) is 18.1 Å².